The number of rotatable bonds is 47. The average Bonchev–Trinajstić information content (AvgIpc) is 3.25. The minimum atomic E-state index is -0.556. The van der Waals surface area contributed by atoms with Crippen LogP contribution in [-0.4, -0.2) is 37.9 Å². The van der Waals surface area contributed by atoms with E-state index in [4.69, 9.17) is 14.2 Å². The third kappa shape index (κ3) is 48.3. The summed E-state index contributed by atoms with van der Waals surface area (Å²) in [5.74, 6) is -0.434. The summed E-state index contributed by atoms with van der Waals surface area (Å²) in [4.78, 5) is 25.4. The van der Waals surface area contributed by atoms with Gasteiger partial charge in [0.2, 0.25) is 0 Å². The Morgan fingerprint density at radius 3 is 1.25 bits per heavy atom. The van der Waals surface area contributed by atoms with Crippen LogP contribution in [-0.2, 0) is 23.8 Å². The Hall–Kier alpha value is -2.40. The van der Waals surface area contributed by atoms with Gasteiger partial charge in [-0.05, 0) is 103 Å². The second-order valence-electron chi connectivity index (χ2n) is 17.0. The van der Waals surface area contributed by atoms with Crippen LogP contribution >= 0.6 is 0 Å². The zero-order chi connectivity index (χ0) is 43.5. The van der Waals surface area contributed by atoms with E-state index in [1.54, 1.807) is 0 Å². The maximum atomic E-state index is 12.8. The van der Waals surface area contributed by atoms with Crippen molar-refractivity contribution in [1.82, 2.24) is 0 Å². The highest BCUT2D eigenvalue weighted by molar-refractivity contribution is 5.70. The molecule has 0 aliphatic heterocycles. The van der Waals surface area contributed by atoms with Crippen LogP contribution in [0.25, 0.3) is 0 Å². The van der Waals surface area contributed by atoms with Gasteiger partial charge >= 0.3 is 11.9 Å². The smallest absolute Gasteiger partial charge is 0.306 e. The number of carbonyl (C=O) groups is 2. The minimum absolute atomic E-state index is 0.0687. The number of unbranched alkanes of at least 4 members (excludes halogenated alkanes) is 26. The number of hydrogen-bond donors (Lipinski definition) is 0. The van der Waals surface area contributed by atoms with Gasteiger partial charge in [0, 0.05) is 19.4 Å². The molecule has 0 aromatic heterocycles. The van der Waals surface area contributed by atoms with Gasteiger partial charge in [-0.25, -0.2) is 0 Å². The lowest BCUT2D eigenvalue weighted by molar-refractivity contribution is -0.163. The number of carbonyl (C=O) groups excluding carboxylic acids is 2. The SMILES string of the molecule is CC/C=C\C/C=C\C/C=C\CCCCCC(=O)OC(COCCCCCCCC/C=C\CCCCCC)COC(=O)CCCCCCCCC/C=C\CCCCCCCC. The molecule has 1 atom stereocenters. The summed E-state index contributed by atoms with van der Waals surface area (Å²) in [6.45, 7) is 7.67. The number of ether oxygens (including phenoxy) is 3. The molecule has 0 aliphatic carbocycles. The molecule has 0 N–H and O–H groups in total. The monoisotopic (exact) mass is 839 g/mol. The van der Waals surface area contributed by atoms with Gasteiger partial charge in [-0.3, -0.25) is 9.59 Å². The number of allylic oxidation sites excluding steroid dienone is 10. The summed E-state index contributed by atoms with van der Waals surface area (Å²) in [5, 5.41) is 0. The fraction of sp³-hybridized carbons (Fsp3) is 0.782. The molecule has 0 aromatic rings. The topological polar surface area (TPSA) is 61.8 Å². The third-order valence-corrected chi connectivity index (χ3v) is 11.0. The lowest BCUT2D eigenvalue weighted by Gasteiger charge is -2.18. The fourth-order valence-corrected chi connectivity index (χ4v) is 7.16. The van der Waals surface area contributed by atoms with Crippen LogP contribution in [0.1, 0.15) is 252 Å². The average molecular weight is 839 g/mol. The van der Waals surface area contributed by atoms with Crippen molar-refractivity contribution in [2.45, 2.75) is 258 Å². The molecule has 0 heterocycles. The molecule has 0 spiro atoms. The quantitative estimate of drug-likeness (QED) is 0.0347. The summed E-state index contributed by atoms with van der Waals surface area (Å²) in [5.41, 5.74) is 0. The van der Waals surface area contributed by atoms with Crippen LogP contribution < -0.4 is 0 Å². The van der Waals surface area contributed by atoms with Gasteiger partial charge in [-0.2, -0.15) is 0 Å². The maximum Gasteiger partial charge on any atom is 0.306 e. The van der Waals surface area contributed by atoms with Crippen LogP contribution in [0.2, 0.25) is 0 Å². The molecule has 0 saturated heterocycles. The summed E-state index contributed by atoms with van der Waals surface area (Å²) in [6, 6.07) is 0. The summed E-state index contributed by atoms with van der Waals surface area (Å²) < 4.78 is 17.4. The van der Waals surface area contributed by atoms with Gasteiger partial charge in [0.1, 0.15) is 6.61 Å². The minimum Gasteiger partial charge on any atom is -0.462 e. The van der Waals surface area contributed by atoms with Crippen molar-refractivity contribution in [3.63, 3.8) is 0 Å². The Balaban J connectivity index is 4.29. The van der Waals surface area contributed by atoms with Gasteiger partial charge in [-0.1, -0.05) is 197 Å². The first-order chi connectivity index (χ1) is 29.6. The van der Waals surface area contributed by atoms with E-state index < -0.39 is 6.10 Å². The van der Waals surface area contributed by atoms with Gasteiger partial charge in [0.05, 0.1) is 6.61 Å². The van der Waals surface area contributed by atoms with Crippen LogP contribution in [0.3, 0.4) is 0 Å². The highest BCUT2D eigenvalue weighted by Crippen LogP contribution is 2.14. The van der Waals surface area contributed by atoms with Crippen molar-refractivity contribution in [1.29, 1.82) is 0 Å². The molecular weight excluding hydrogens is 741 g/mol. The van der Waals surface area contributed by atoms with E-state index in [2.05, 4.69) is 81.5 Å². The van der Waals surface area contributed by atoms with E-state index in [9.17, 15) is 9.59 Å². The predicted octanol–water partition coefficient (Wildman–Crippen LogP) is 17.3. The molecule has 0 bridgehead atoms. The van der Waals surface area contributed by atoms with Gasteiger partial charge < -0.3 is 14.2 Å². The molecule has 0 rings (SSSR count). The first-order valence-corrected chi connectivity index (χ1v) is 25.8. The van der Waals surface area contributed by atoms with E-state index in [-0.39, 0.29) is 25.2 Å². The highest BCUT2D eigenvalue weighted by Gasteiger charge is 2.17. The Morgan fingerprint density at radius 2 is 0.750 bits per heavy atom. The fourth-order valence-electron chi connectivity index (χ4n) is 7.16. The molecule has 60 heavy (non-hydrogen) atoms. The van der Waals surface area contributed by atoms with Crippen molar-refractivity contribution >= 4 is 11.9 Å². The van der Waals surface area contributed by atoms with Gasteiger partial charge in [-0.15, -0.1) is 0 Å². The first kappa shape index (κ1) is 57.6. The van der Waals surface area contributed by atoms with Crippen LogP contribution in [0.5, 0.6) is 0 Å². The zero-order valence-electron chi connectivity index (χ0n) is 40.0. The van der Waals surface area contributed by atoms with E-state index >= 15 is 0 Å². The van der Waals surface area contributed by atoms with E-state index in [1.807, 2.05) is 0 Å². The number of hydrogen-bond acceptors (Lipinski definition) is 5. The zero-order valence-corrected chi connectivity index (χ0v) is 40.0. The Kier molecular flexibility index (Phi) is 48.9. The van der Waals surface area contributed by atoms with E-state index in [0.717, 1.165) is 77.0 Å². The van der Waals surface area contributed by atoms with Crippen LogP contribution in [0.4, 0.5) is 0 Å². The van der Waals surface area contributed by atoms with Crippen molar-refractivity contribution in [3.05, 3.63) is 60.8 Å². The van der Waals surface area contributed by atoms with Gasteiger partial charge in [0.15, 0.2) is 6.10 Å². The predicted molar refractivity (Wildman–Crippen MR) is 261 cm³/mol. The molecule has 0 aromatic carbocycles. The maximum absolute atomic E-state index is 12.8. The molecule has 0 amide bonds. The van der Waals surface area contributed by atoms with E-state index in [1.165, 1.54) is 141 Å². The van der Waals surface area contributed by atoms with Crippen molar-refractivity contribution < 1.29 is 23.8 Å². The Bertz CT molecular complexity index is 1040. The van der Waals surface area contributed by atoms with Crippen LogP contribution in [0.15, 0.2) is 60.8 Å². The molecule has 0 saturated carbocycles. The van der Waals surface area contributed by atoms with Crippen molar-refractivity contribution in [2.24, 2.45) is 0 Å². The summed E-state index contributed by atoms with van der Waals surface area (Å²) in [7, 11) is 0. The van der Waals surface area contributed by atoms with Crippen molar-refractivity contribution in [3.8, 4) is 0 Å². The molecule has 0 radical (unpaired) electrons. The molecule has 1 unspecified atom stereocenters. The number of esters is 2. The second-order valence-corrected chi connectivity index (χ2v) is 17.0. The third-order valence-electron chi connectivity index (χ3n) is 11.0. The Morgan fingerprint density at radius 1 is 0.383 bits per heavy atom. The molecule has 0 aliphatic rings. The molecule has 5 nitrogen and oxygen atoms in total. The Labute approximate surface area is 373 Å². The normalized spacial score (nSPS) is 12.7. The highest BCUT2D eigenvalue weighted by atomic mass is 16.6. The summed E-state index contributed by atoms with van der Waals surface area (Å²) >= 11 is 0. The molecular formula is C55H98O5. The lowest BCUT2D eigenvalue weighted by atomic mass is 10.1. The standard InChI is InChI=1S/C55H98O5/c1-4-7-10-13-16-19-22-25-27-28-29-31-33-36-39-42-45-48-54(56)59-52-53(51-58-50-47-44-41-38-35-32-26-23-20-17-14-11-8-5-2)60-55(57)49-46-43-40-37-34-30-24-21-18-15-12-9-6-3/h9,12,18,20-21,23,25,27,30,34,53H,4-8,10-11,13-17,19,22,24,26,28-29,31-33,35-52H2,1-3H3/b12-9-,21-18-,23-20-,27-25-,34-30-. The lowest BCUT2D eigenvalue weighted by Crippen LogP contribution is -2.30. The van der Waals surface area contributed by atoms with E-state index in [0.29, 0.717) is 19.4 Å². The van der Waals surface area contributed by atoms with Crippen molar-refractivity contribution in [2.75, 3.05) is 19.8 Å². The largest absolute Gasteiger partial charge is 0.462 e. The second kappa shape index (κ2) is 51.0. The summed E-state index contributed by atoms with van der Waals surface area (Å²) in [6.07, 6.45) is 63.7. The molecule has 0 fully saturated rings. The van der Waals surface area contributed by atoms with Crippen LogP contribution in [0, 0.1) is 0 Å². The first-order valence-electron chi connectivity index (χ1n) is 25.8. The molecule has 5 heteroatoms. The van der Waals surface area contributed by atoms with Gasteiger partial charge in [0.25, 0.3) is 0 Å². The molecule has 348 valence electrons.